The Kier molecular flexibility index (Phi) is 5.02. The van der Waals surface area contributed by atoms with Gasteiger partial charge in [0.05, 0.1) is 12.0 Å². The Balaban J connectivity index is 1.75. The van der Waals surface area contributed by atoms with E-state index in [4.69, 9.17) is 0 Å². The van der Waals surface area contributed by atoms with E-state index < -0.39 is 22.5 Å². The zero-order valence-corrected chi connectivity index (χ0v) is 15.1. The summed E-state index contributed by atoms with van der Waals surface area (Å²) in [5.41, 5.74) is 0.307. The zero-order valence-electron chi connectivity index (χ0n) is 13.5. The highest BCUT2D eigenvalue weighted by atomic mass is 32.2. The van der Waals surface area contributed by atoms with Crippen LogP contribution in [0.15, 0.2) is 47.8 Å². The number of esters is 1. The molecule has 0 aliphatic carbocycles. The number of hydrogen-bond donors (Lipinski definition) is 2. The number of carbonyl (C=O) groups is 2. The lowest BCUT2D eigenvalue weighted by Gasteiger charge is -2.08. The topological polar surface area (TPSA) is 119 Å². The minimum Gasteiger partial charge on any atom is -0.468 e. The molecule has 0 bridgehead atoms. The Labute approximate surface area is 152 Å². The predicted octanol–water partition coefficient (Wildman–Crippen LogP) is 1.10. The number of methoxy groups -OCH3 is 1. The van der Waals surface area contributed by atoms with Gasteiger partial charge in [0.25, 0.3) is 5.91 Å². The van der Waals surface area contributed by atoms with Crippen molar-refractivity contribution in [2.24, 2.45) is 0 Å². The van der Waals surface area contributed by atoms with Gasteiger partial charge < -0.3 is 10.1 Å². The highest BCUT2D eigenvalue weighted by molar-refractivity contribution is 7.89. The quantitative estimate of drug-likeness (QED) is 0.604. The number of amides is 1. The molecule has 0 atom stereocenters. The van der Waals surface area contributed by atoms with Gasteiger partial charge in [0, 0.05) is 24.3 Å². The number of carbonyl (C=O) groups excluding carboxylic acids is 2. The molecule has 0 aliphatic rings. The van der Waals surface area contributed by atoms with E-state index >= 15 is 0 Å². The first-order valence-corrected chi connectivity index (χ1v) is 9.59. The maximum atomic E-state index is 12.3. The van der Waals surface area contributed by atoms with Crippen molar-refractivity contribution in [3.05, 3.63) is 47.7 Å². The van der Waals surface area contributed by atoms with E-state index in [1.165, 1.54) is 29.5 Å². The number of aromatic nitrogens is 2. The number of sulfonamides is 1. The molecule has 0 fully saturated rings. The van der Waals surface area contributed by atoms with Gasteiger partial charge >= 0.3 is 5.97 Å². The van der Waals surface area contributed by atoms with Crippen LogP contribution >= 0.6 is 11.3 Å². The van der Waals surface area contributed by atoms with Crippen LogP contribution in [0.1, 0.15) is 9.67 Å². The largest absolute Gasteiger partial charge is 0.468 e. The van der Waals surface area contributed by atoms with Gasteiger partial charge in [0.2, 0.25) is 10.0 Å². The minimum absolute atomic E-state index is 0.0832. The molecule has 136 valence electrons. The average Bonchev–Trinajstić information content (AvgIpc) is 3.22. The Bertz CT molecular complexity index is 1040. The number of benzene rings is 1. The van der Waals surface area contributed by atoms with Gasteiger partial charge in [-0.25, -0.2) is 13.4 Å². The van der Waals surface area contributed by atoms with Crippen molar-refractivity contribution in [2.75, 3.05) is 19.0 Å². The fourth-order valence-electron chi connectivity index (χ4n) is 2.08. The molecule has 26 heavy (non-hydrogen) atoms. The van der Waals surface area contributed by atoms with Crippen molar-refractivity contribution in [3.63, 3.8) is 0 Å². The maximum absolute atomic E-state index is 12.3. The zero-order chi connectivity index (χ0) is 18.7. The fourth-order valence-corrected chi connectivity index (χ4v) is 3.93. The van der Waals surface area contributed by atoms with Crippen LogP contribution in [0.25, 0.3) is 4.96 Å². The van der Waals surface area contributed by atoms with E-state index in [0.29, 0.717) is 15.5 Å². The van der Waals surface area contributed by atoms with Crippen molar-refractivity contribution in [1.29, 1.82) is 0 Å². The van der Waals surface area contributed by atoms with E-state index in [1.807, 2.05) is 0 Å². The lowest BCUT2D eigenvalue weighted by molar-refractivity contribution is -0.139. The first kappa shape index (κ1) is 18.0. The Hall–Kier alpha value is -2.76. The Morgan fingerprint density at radius 3 is 2.88 bits per heavy atom. The lowest BCUT2D eigenvalue weighted by Crippen LogP contribution is -2.30. The molecule has 2 N–H and O–H groups in total. The third kappa shape index (κ3) is 3.90. The maximum Gasteiger partial charge on any atom is 0.320 e. The molecule has 0 spiro atoms. The summed E-state index contributed by atoms with van der Waals surface area (Å²) in [6.45, 7) is -0.482. The van der Waals surface area contributed by atoms with Crippen LogP contribution in [-0.4, -0.2) is 43.3 Å². The van der Waals surface area contributed by atoms with E-state index in [-0.39, 0.29) is 10.8 Å². The van der Waals surface area contributed by atoms with Crippen LogP contribution in [0.5, 0.6) is 0 Å². The third-order valence-corrected chi connectivity index (χ3v) is 5.76. The number of rotatable bonds is 6. The molecule has 0 aliphatic heterocycles. The van der Waals surface area contributed by atoms with Gasteiger partial charge in [-0.2, -0.15) is 4.72 Å². The number of thiazole rings is 1. The van der Waals surface area contributed by atoms with Crippen LogP contribution in [0, 0.1) is 0 Å². The van der Waals surface area contributed by atoms with Crippen molar-refractivity contribution < 1.29 is 22.7 Å². The van der Waals surface area contributed by atoms with E-state index in [0.717, 1.165) is 7.11 Å². The number of imidazole rings is 1. The summed E-state index contributed by atoms with van der Waals surface area (Å²) in [5.74, 6) is -1.08. The van der Waals surface area contributed by atoms with Gasteiger partial charge in [-0.1, -0.05) is 17.4 Å². The fraction of sp³-hybridized carbons (Fsp3) is 0.133. The first-order chi connectivity index (χ1) is 12.4. The van der Waals surface area contributed by atoms with Crippen molar-refractivity contribution in [1.82, 2.24) is 14.1 Å². The lowest BCUT2D eigenvalue weighted by atomic mass is 10.3. The first-order valence-electron chi connectivity index (χ1n) is 7.29. The molecule has 9 nitrogen and oxygen atoms in total. The number of nitrogens with one attached hydrogen (secondary N) is 2. The van der Waals surface area contributed by atoms with E-state index in [2.05, 4.69) is 19.8 Å². The molecule has 0 radical (unpaired) electrons. The number of anilines is 1. The van der Waals surface area contributed by atoms with Crippen LogP contribution in [-0.2, 0) is 19.6 Å². The van der Waals surface area contributed by atoms with E-state index in [1.54, 1.807) is 29.1 Å². The molecule has 1 aromatic carbocycles. The smallest absolute Gasteiger partial charge is 0.320 e. The number of fused-ring (bicyclic) bond motifs is 1. The molecule has 11 heteroatoms. The average molecular weight is 394 g/mol. The molecule has 2 aromatic heterocycles. The summed E-state index contributed by atoms with van der Waals surface area (Å²) in [4.78, 5) is 28.6. The molecule has 0 saturated carbocycles. The molecule has 1 amide bonds. The normalized spacial score (nSPS) is 11.4. The van der Waals surface area contributed by atoms with Crippen LogP contribution in [0.4, 0.5) is 5.69 Å². The molecule has 2 heterocycles. The molecule has 3 rings (SSSR count). The second kappa shape index (κ2) is 7.23. The number of nitrogens with zero attached hydrogens (tertiary/aromatic N) is 2. The van der Waals surface area contributed by atoms with Crippen LogP contribution < -0.4 is 10.0 Å². The minimum atomic E-state index is -3.91. The summed E-state index contributed by atoms with van der Waals surface area (Å²) in [6, 6.07) is 5.71. The van der Waals surface area contributed by atoms with Crippen molar-refractivity contribution >= 4 is 43.9 Å². The third-order valence-electron chi connectivity index (χ3n) is 3.35. The second-order valence-electron chi connectivity index (χ2n) is 5.10. The molecule has 0 unspecified atom stereocenters. The number of hydrogen-bond acceptors (Lipinski definition) is 7. The van der Waals surface area contributed by atoms with Gasteiger partial charge in [0.1, 0.15) is 11.4 Å². The van der Waals surface area contributed by atoms with Gasteiger partial charge in [-0.3, -0.25) is 14.0 Å². The Morgan fingerprint density at radius 2 is 2.15 bits per heavy atom. The summed E-state index contributed by atoms with van der Waals surface area (Å²) in [7, 11) is -2.75. The highest BCUT2D eigenvalue weighted by Gasteiger charge is 2.17. The predicted molar refractivity (Wildman–Crippen MR) is 94.7 cm³/mol. The summed E-state index contributed by atoms with van der Waals surface area (Å²) >= 11 is 1.21. The summed E-state index contributed by atoms with van der Waals surface area (Å²) in [6.07, 6.45) is 4.99. The van der Waals surface area contributed by atoms with Gasteiger partial charge in [-0.15, -0.1) is 0 Å². The summed E-state index contributed by atoms with van der Waals surface area (Å²) < 4.78 is 32.6. The van der Waals surface area contributed by atoms with Crippen LogP contribution in [0.3, 0.4) is 0 Å². The van der Waals surface area contributed by atoms with Crippen LogP contribution in [0.2, 0.25) is 0 Å². The van der Waals surface area contributed by atoms with Gasteiger partial charge in [0.15, 0.2) is 4.96 Å². The molecule has 3 aromatic rings. The van der Waals surface area contributed by atoms with Crippen molar-refractivity contribution in [3.8, 4) is 0 Å². The standard InChI is InChI=1S/C15H14N4O5S2/c1-24-13(20)8-17-26(22,23)11-4-2-3-10(7-11)18-14(21)12-9-19-6-5-16-15(19)25-12/h2-7,9,17H,8H2,1H3,(H,18,21). The van der Waals surface area contributed by atoms with Crippen molar-refractivity contribution in [2.45, 2.75) is 4.90 Å². The monoisotopic (exact) mass is 394 g/mol. The second-order valence-corrected chi connectivity index (χ2v) is 7.87. The molecular formula is C15H14N4O5S2. The molecular weight excluding hydrogens is 380 g/mol. The van der Waals surface area contributed by atoms with Gasteiger partial charge in [-0.05, 0) is 18.2 Å². The Morgan fingerprint density at radius 1 is 1.35 bits per heavy atom. The SMILES string of the molecule is COC(=O)CNS(=O)(=O)c1cccc(NC(=O)c2cn3ccnc3s2)c1. The molecule has 0 saturated heterocycles. The number of ether oxygens (including phenoxy) is 1. The summed E-state index contributed by atoms with van der Waals surface area (Å²) in [5, 5.41) is 2.64. The van der Waals surface area contributed by atoms with E-state index in [9.17, 15) is 18.0 Å². The highest BCUT2D eigenvalue weighted by Crippen LogP contribution is 2.20.